The van der Waals surface area contributed by atoms with Gasteiger partial charge in [0.2, 0.25) is 10.0 Å². The van der Waals surface area contributed by atoms with Crippen LogP contribution >= 0.6 is 0 Å². The van der Waals surface area contributed by atoms with E-state index in [-0.39, 0.29) is 0 Å². The summed E-state index contributed by atoms with van der Waals surface area (Å²) in [5.74, 6) is 0. The van der Waals surface area contributed by atoms with Crippen molar-refractivity contribution in [1.29, 1.82) is 0 Å². The van der Waals surface area contributed by atoms with Gasteiger partial charge in [0.15, 0.2) is 0 Å². The van der Waals surface area contributed by atoms with E-state index in [0.717, 1.165) is 19.0 Å². The standard InChI is InChI=1S/C13H27N3O2S/c1-10-7-11(8-16(10)12-5-6-12)14-9-13(2,3)15-19(4,17)18/h10-12,14-15H,5-9H2,1-4H3. The minimum absolute atomic E-state index is 0.441. The summed E-state index contributed by atoms with van der Waals surface area (Å²) < 4.78 is 25.3. The van der Waals surface area contributed by atoms with E-state index in [1.54, 1.807) is 0 Å². The summed E-state index contributed by atoms with van der Waals surface area (Å²) >= 11 is 0. The fraction of sp³-hybridized carbons (Fsp3) is 1.00. The Morgan fingerprint density at radius 2 is 1.95 bits per heavy atom. The third kappa shape index (κ3) is 4.70. The van der Waals surface area contributed by atoms with Crippen molar-refractivity contribution in [2.24, 2.45) is 0 Å². The highest BCUT2D eigenvalue weighted by molar-refractivity contribution is 7.88. The minimum Gasteiger partial charge on any atom is -0.311 e. The zero-order valence-corrected chi connectivity index (χ0v) is 13.3. The molecule has 1 heterocycles. The molecule has 6 heteroatoms. The Morgan fingerprint density at radius 3 is 2.47 bits per heavy atom. The van der Waals surface area contributed by atoms with Crippen molar-refractivity contribution < 1.29 is 8.42 Å². The number of likely N-dealkylation sites (tertiary alicyclic amines) is 1. The van der Waals surface area contributed by atoms with Gasteiger partial charge in [0.25, 0.3) is 0 Å². The first-order chi connectivity index (χ1) is 8.66. The van der Waals surface area contributed by atoms with E-state index in [1.165, 1.54) is 19.1 Å². The van der Waals surface area contributed by atoms with Crippen LogP contribution in [-0.4, -0.2) is 56.3 Å². The molecule has 0 bridgehead atoms. The third-order valence-electron chi connectivity index (χ3n) is 3.93. The van der Waals surface area contributed by atoms with E-state index in [1.807, 2.05) is 13.8 Å². The largest absolute Gasteiger partial charge is 0.311 e. The first-order valence-electron chi connectivity index (χ1n) is 7.14. The van der Waals surface area contributed by atoms with Crippen LogP contribution in [0.4, 0.5) is 0 Å². The summed E-state index contributed by atoms with van der Waals surface area (Å²) in [6.45, 7) is 7.88. The molecule has 2 rings (SSSR count). The Hall–Kier alpha value is -0.170. The Kier molecular flexibility index (Phi) is 4.26. The van der Waals surface area contributed by atoms with Gasteiger partial charge in [-0.3, -0.25) is 4.90 Å². The van der Waals surface area contributed by atoms with Crippen LogP contribution < -0.4 is 10.0 Å². The molecule has 1 saturated carbocycles. The van der Waals surface area contributed by atoms with Gasteiger partial charge in [-0.05, 0) is 40.0 Å². The fourth-order valence-corrected chi connectivity index (χ4v) is 4.13. The van der Waals surface area contributed by atoms with Crippen molar-refractivity contribution in [3.05, 3.63) is 0 Å². The van der Waals surface area contributed by atoms with Crippen molar-refractivity contribution >= 4 is 10.0 Å². The molecule has 2 atom stereocenters. The zero-order chi connectivity index (χ0) is 14.3. The SMILES string of the molecule is CC1CC(NCC(C)(C)NS(C)(=O)=O)CN1C1CC1. The first kappa shape index (κ1) is 15.2. The van der Waals surface area contributed by atoms with Gasteiger partial charge in [0.05, 0.1) is 6.26 Å². The molecule has 0 aromatic rings. The second kappa shape index (κ2) is 5.31. The topological polar surface area (TPSA) is 61.4 Å². The molecule has 2 fully saturated rings. The Balaban J connectivity index is 1.79. The highest BCUT2D eigenvalue weighted by atomic mass is 32.2. The summed E-state index contributed by atoms with van der Waals surface area (Å²) in [4.78, 5) is 2.59. The van der Waals surface area contributed by atoms with Gasteiger partial charge in [0, 0.05) is 36.8 Å². The number of nitrogens with zero attached hydrogens (tertiary/aromatic N) is 1. The third-order valence-corrected chi connectivity index (χ3v) is 4.86. The maximum Gasteiger partial charge on any atom is 0.209 e. The smallest absolute Gasteiger partial charge is 0.209 e. The summed E-state index contributed by atoms with van der Waals surface area (Å²) in [7, 11) is -3.15. The lowest BCUT2D eigenvalue weighted by Crippen LogP contribution is -2.52. The van der Waals surface area contributed by atoms with E-state index in [9.17, 15) is 8.42 Å². The molecule has 0 spiro atoms. The average molecular weight is 289 g/mol. The molecule has 2 unspecified atom stereocenters. The van der Waals surface area contributed by atoms with Gasteiger partial charge in [-0.15, -0.1) is 0 Å². The van der Waals surface area contributed by atoms with Gasteiger partial charge < -0.3 is 5.32 Å². The Bertz CT molecular complexity index is 418. The molecule has 1 aliphatic heterocycles. The van der Waals surface area contributed by atoms with Gasteiger partial charge in [0.1, 0.15) is 0 Å². The number of nitrogens with one attached hydrogen (secondary N) is 2. The van der Waals surface area contributed by atoms with Gasteiger partial charge in [-0.2, -0.15) is 0 Å². The minimum atomic E-state index is -3.15. The molecule has 0 radical (unpaired) electrons. The lowest BCUT2D eigenvalue weighted by Gasteiger charge is -2.27. The van der Waals surface area contributed by atoms with Gasteiger partial charge >= 0.3 is 0 Å². The molecule has 0 amide bonds. The van der Waals surface area contributed by atoms with E-state index in [4.69, 9.17) is 0 Å². The molecule has 0 aromatic heterocycles. The van der Waals surface area contributed by atoms with Crippen LogP contribution in [0.25, 0.3) is 0 Å². The zero-order valence-electron chi connectivity index (χ0n) is 12.4. The second-order valence-corrected chi connectivity index (χ2v) is 8.60. The second-order valence-electron chi connectivity index (χ2n) is 6.85. The number of rotatable bonds is 6. The molecular formula is C13H27N3O2S. The maximum absolute atomic E-state index is 11.3. The monoisotopic (exact) mass is 289 g/mol. The van der Waals surface area contributed by atoms with Crippen LogP contribution in [0.5, 0.6) is 0 Å². The van der Waals surface area contributed by atoms with E-state index >= 15 is 0 Å². The van der Waals surface area contributed by atoms with Crippen LogP contribution in [0, 0.1) is 0 Å². The maximum atomic E-state index is 11.3. The van der Waals surface area contributed by atoms with Gasteiger partial charge in [-0.25, -0.2) is 13.1 Å². The Labute approximate surface area is 117 Å². The predicted molar refractivity (Wildman–Crippen MR) is 77.7 cm³/mol. The number of hydrogen-bond acceptors (Lipinski definition) is 4. The molecule has 112 valence electrons. The molecule has 0 aromatic carbocycles. The quantitative estimate of drug-likeness (QED) is 0.749. The predicted octanol–water partition coefficient (Wildman–Crippen LogP) is 0.529. The van der Waals surface area contributed by atoms with Crippen LogP contribution in [0.3, 0.4) is 0 Å². The Morgan fingerprint density at radius 1 is 1.32 bits per heavy atom. The lowest BCUT2D eigenvalue weighted by molar-refractivity contribution is 0.254. The molecule has 1 aliphatic carbocycles. The lowest BCUT2D eigenvalue weighted by atomic mass is 10.1. The number of sulfonamides is 1. The van der Waals surface area contributed by atoms with Crippen LogP contribution in [0.2, 0.25) is 0 Å². The summed E-state index contributed by atoms with van der Waals surface area (Å²) in [5.41, 5.74) is -0.441. The van der Waals surface area contributed by atoms with Crippen LogP contribution in [0.1, 0.15) is 40.0 Å². The van der Waals surface area contributed by atoms with E-state index < -0.39 is 15.6 Å². The summed E-state index contributed by atoms with van der Waals surface area (Å²) in [6.07, 6.45) is 5.06. The van der Waals surface area contributed by atoms with E-state index in [2.05, 4.69) is 21.9 Å². The molecule has 2 aliphatic rings. The average Bonchev–Trinajstić information content (AvgIpc) is 2.97. The van der Waals surface area contributed by atoms with E-state index in [0.29, 0.717) is 18.6 Å². The highest BCUT2D eigenvalue weighted by Gasteiger charge is 2.39. The number of hydrogen-bond donors (Lipinski definition) is 2. The van der Waals surface area contributed by atoms with Crippen LogP contribution in [0.15, 0.2) is 0 Å². The summed E-state index contributed by atoms with van der Waals surface area (Å²) in [5, 5.41) is 3.52. The molecule has 2 N–H and O–H groups in total. The molecular weight excluding hydrogens is 262 g/mol. The van der Waals surface area contributed by atoms with Crippen molar-refractivity contribution in [3.8, 4) is 0 Å². The van der Waals surface area contributed by atoms with Crippen molar-refractivity contribution in [3.63, 3.8) is 0 Å². The van der Waals surface area contributed by atoms with Gasteiger partial charge in [-0.1, -0.05) is 0 Å². The molecule has 1 saturated heterocycles. The van der Waals surface area contributed by atoms with Crippen molar-refractivity contribution in [2.45, 2.75) is 63.7 Å². The molecule has 5 nitrogen and oxygen atoms in total. The first-order valence-corrected chi connectivity index (χ1v) is 9.03. The van der Waals surface area contributed by atoms with Crippen molar-refractivity contribution in [1.82, 2.24) is 14.9 Å². The molecule has 19 heavy (non-hydrogen) atoms. The fourth-order valence-electron chi connectivity index (χ4n) is 3.06. The van der Waals surface area contributed by atoms with Crippen LogP contribution in [-0.2, 0) is 10.0 Å². The highest BCUT2D eigenvalue weighted by Crippen LogP contribution is 2.33. The van der Waals surface area contributed by atoms with Crippen molar-refractivity contribution in [2.75, 3.05) is 19.3 Å². The normalized spacial score (nSPS) is 29.9. The summed E-state index contributed by atoms with van der Waals surface area (Å²) in [6, 6.07) is 1.94.